The fourth-order valence-corrected chi connectivity index (χ4v) is 1.89. The summed E-state index contributed by atoms with van der Waals surface area (Å²) in [6, 6.07) is 11.2. The van der Waals surface area contributed by atoms with Crippen LogP contribution in [0.1, 0.15) is 12.5 Å². The van der Waals surface area contributed by atoms with Gasteiger partial charge in [0.1, 0.15) is 0 Å². The maximum absolute atomic E-state index is 10.9. The molecule has 0 aliphatic rings. The summed E-state index contributed by atoms with van der Waals surface area (Å²) < 4.78 is 0. The van der Waals surface area contributed by atoms with Gasteiger partial charge in [-0.2, -0.15) is 0 Å². The molecule has 1 amide bonds. The van der Waals surface area contributed by atoms with E-state index in [9.17, 15) is 4.79 Å². The fraction of sp³-hybridized carbons (Fsp3) is 0.133. The Morgan fingerprint density at radius 1 is 1.14 bits per heavy atom. The Kier molecular flexibility index (Phi) is 5.22. The van der Waals surface area contributed by atoms with Gasteiger partial charge in [0.05, 0.1) is 0 Å². The average Bonchev–Trinajstić information content (AvgIpc) is 2.48. The molecule has 0 bridgehead atoms. The number of carbonyl (C=O) groups is 1. The van der Waals surface area contributed by atoms with E-state index in [2.05, 4.69) is 20.9 Å². The number of nitrogens with zero attached hydrogens (tertiary/aromatic N) is 1. The van der Waals surface area contributed by atoms with Crippen LogP contribution in [0.4, 0.5) is 11.4 Å². The minimum atomic E-state index is -0.0932. The summed E-state index contributed by atoms with van der Waals surface area (Å²) in [5.41, 5.74) is 2.66. The number of nitrogens with one attached hydrogen (secondary N) is 3. The van der Waals surface area contributed by atoms with Gasteiger partial charge in [0.25, 0.3) is 0 Å². The second-order valence-corrected chi connectivity index (χ2v) is 4.84. The van der Waals surface area contributed by atoms with Crippen LogP contribution in [-0.4, -0.2) is 16.0 Å². The minimum absolute atomic E-state index is 0.0932. The van der Waals surface area contributed by atoms with Crippen LogP contribution in [0, 0.1) is 0 Å². The third-order valence-corrected chi connectivity index (χ3v) is 2.89. The van der Waals surface area contributed by atoms with Crippen LogP contribution < -0.4 is 16.0 Å². The van der Waals surface area contributed by atoms with Gasteiger partial charge in [-0.25, -0.2) is 0 Å². The largest absolute Gasteiger partial charge is 0.358 e. The summed E-state index contributed by atoms with van der Waals surface area (Å²) in [4.78, 5) is 15.0. The van der Waals surface area contributed by atoms with Gasteiger partial charge < -0.3 is 16.0 Å². The summed E-state index contributed by atoms with van der Waals surface area (Å²) in [5.74, 6) is -0.0932. The average molecular weight is 300 g/mol. The molecular weight excluding hydrogens is 284 g/mol. The van der Waals surface area contributed by atoms with Crippen molar-refractivity contribution < 1.29 is 4.79 Å². The van der Waals surface area contributed by atoms with Crippen molar-refractivity contribution in [3.05, 3.63) is 54.4 Å². The molecule has 0 atom stereocenters. The van der Waals surface area contributed by atoms with Crippen LogP contribution in [-0.2, 0) is 11.3 Å². The van der Waals surface area contributed by atoms with Crippen molar-refractivity contribution in [1.82, 2.24) is 10.3 Å². The van der Waals surface area contributed by atoms with E-state index in [0.29, 0.717) is 11.7 Å². The van der Waals surface area contributed by atoms with E-state index in [-0.39, 0.29) is 5.91 Å². The van der Waals surface area contributed by atoms with Gasteiger partial charge >= 0.3 is 0 Å². The van der Waals surface area contributed by atoms with Crippen LogP contribution in [0.5, 0.6) is 0 Å². The van der Waals surface area contributed by atoms with E-state index in [1.165, 1.54) is 6.92 Å². The molecule has 5 nitrogen and oxygen atoms in total. The summed E-state index contributed by atoms with van der Waals surface area (Å²) in [7, 11) is 0. The lowest BCUT2D eigenvalue weighted by molar-refractivity contribution is -0.114. The fourth-order valence-electron chi connectivity index (χ4n) is 1.70. The molecule has 0 radical (unpaired) electrons. The van der Waals surface area contributed by atoms with Gasteiger partial charge in [0.15, 0.2) is 5.11 Å². The normalized spacial score (nSPS) is 9.76. The van der Waals surface area contributed by atoms with E-state index in [1.807, 2.05) is 36.4 Å². The summed E-state index contributed by atoms with van der Waals surface area (Å²) in [6.45, 7) is 2.09. The van der Waals surface area contributed by atoms with Gasteiger partial charge in [-0.05, 0) is 48.1 Å². The van der Waals surface area contributed by atoms with Crippen LogP contribution in [0.25, 0.3) is 0 Å². The topological polar surface area (TPSA) is 66.1 Å². The monoisotopic (exact) mass is 300 g/mol. The molecule has 1 heterocycles. The van der Waals surface area contributed by atoms with Crippen molar-refractivity contribution in [3.8, 4) is 0 Å². The maximum atomic E-state index is 10.9. The molecule has 0 spiro atoms. The standard InChI is InChI=1S/C15H16N4OS/c1-11(20)18-13-4-6-14(7-5-13)19-15(21)17-10-12-3-2-8-16-9-12/h2-9H,10H2,1H3,(H,18,20)(H2,17,19,21). The predicted octanol–water partition coefficient (Wildman–Crippen LogP) is 2.53. The molecule has 0 saturated carbocycles. The Hall–Kier alpha value is -2.47. The van der Waals surface area contributed by atoms with Crippen LogP contribution in [0.2, 0.25) is 0 Å². The number of anilines is 2. The molecule has 21 heavy (non-hydrogen) atoms. The van der Waals surface area contributed by atoms with Crippen molar-refractivity contribution in [3.63, 3.8) is 0 Å². The number of aromatic nitrogens is 1. The number of thiocarbonyl (C=S) groups is 1. The SMILES string of the molecule is CC(=O)Nc1ccc(NC(=S)NCc2cccnc2)cc1. The molecule has 0 fully saturated rings. The molecular formula is C15H16N4OS. The smallest absolute Gasteiger partial charge is 0.221 e. The van der Waals surface area contributed by atoms with Gasteiger partial charge in [-0.3, -0.25) is 9.78 Å². The first kappa shape index (κ1) is 14.9. The Balaban J connectivity index is 1.83. The Morgan fingerprint density at radius 2 is 1.81 bits per heavy atom. The lowest BCUT2D eigenvalue weighted by Crippen LogP contribution is -2.27. The van der Waals surface area contributed by atoms with Gasteiger partial charge in [0.2, 0.25) is 5.91 Å². The van der Waals surface area contributed by atoms with E-state index in [4.69, 9.17) is 12.2 Å². The quantitative estimate of drug-likeness (QED) is 0.757. The zero-order valence-corrected chi connectivity index (χ0v) is 12.4. The first-order valence-corrected chi connectivity index (χ1v) is 6.86. The van der Waals surface area contributed by atoms with E-state index >= 15 is 0 Å². The Bertz CT molecular complexity index is 613. The number of rotatable bonds is 4. The molecule has 1 aromatic carbocycles. The molecule has 6 heteroatoms. The molecule has 108 valence electrons. The zero-order chi connectivity index (χ0) is 15.1. The third kappa shape index (κ3) is 5.19. The highest BCUT2D eigenvalue weighted by molar-refractivity contribution is 7.80. The molecule has 0 aliphatic carbocycles. The molecule has 0 aliphatic heterocycles. The first-order valence-electron chi connectivity index (χ1n) is 6.45. The van der Waals surface area contributed by atoms with E-state index < -0.39 is 0 Å². The lowest BCUT2D eigenvalue weighted by atomic mass is 10.3. The second kappa shape index (κ2) is 7.35. The molecule has 2 rings (SSSR count). The molecule has 3 N–H and O–H groups in total. The molecule has 2 aromatic rings. The van der Waals surface area contributed by atoms with Crippen molar-refractivity contribution in [2.45, 2.75) is 13.5 Å². The highest BCUT2D eigenvalue weighted by Gasteiger charge is 1.99. The number of benzene rings is 1. The van der Waals surface area contributed by atoms with E-state index in [0.717, 1.165) is 16.9 Å². The van der Waals surface area contributed by atoms with Gasteiger partial charge in [0, 0.05) is 37.2 Å². The van der Waals surface area contributed by atoms with E-state index in [1.54, 1.807) is 12.4 Å². The number of hydrogen-bond donors (Lipinski definition) is 3. The van der Waals surface area contributed by atoms with Gasteiger partial charge in [-0.1, -0.05) is 6.07 Å². The number of hydrogen-bond acceptors (Lipinski definition) is 3. The van der Waals surface area contributed by atoms with Crippen LogP contribution in [0.3, 0.4) is 0 Å². The Labute approximate surface area is 128 Å². The zero-order valence-electron chi connectivity index (χ0n) is 11.6. The third-order valence-electron chi connectivity index (χ3n) is 2.64. The highest BCUT2D eigenvalue weighted by atomic mass is 32.1. The molecule has 0 saturated heterocycles. The number of pyridine rings is 1. The van der Waals surface area contributed by atoms with Crippen molar-refractivity contribution in [2.24, 2.45) is 0 Å². The highest BCUT2D eigenvalue weighted by Crippen LogP contribution is 2.13. The molecule has 0 unspecified atom stereocenters. The maximum Gasteiger partial charge on any atom is 0.221 e. The van der Waals surface area contributed by atoms with Crippen molar-refractivity contribution in [1.29, 1.82) is 0 Å². The minimum Gasteiger partial charge on any atom is -0.358 e. The summed E-state index contributed by atoms with van der Waals surface area (Å²) in [5, 5.41) is 9.43. The van der Waals surface area contributed by atoms with Gasteiger partial charge in [-0.15, -0.1) is 0 Å². The molecule has 1 aromatic heterocycles. The predicted molar refractivity (Wildman–Crippen MR) is 88.0 cm³/mol. The van der Waals surface area contributed by atoms with Crippen molar-refractivity contribution >= 4 is 34.6 Å². The number of amides is 1. The Morgan fingerprint density at radius 3 is 2.38 bits per heavy atom. The van der Waals surface area contributed by atoms with Crippen LogP contribution in [0.15, 0.2) is 48.8 Å². The lowest BCUT2D eigenvalue weighted by Gasteiger charge is -2.11. The second-order valence-electron chi connectivity index (χ2n) is 4.43. The number of carbonyl (C=O) groups excluding carboxylic acids is 1. The first-order chi connectivity index (χ1) is 10.1. The van der Waals surface area contributed by atoms with Crippen molar-refractivity contribution in [2.75, 3.05) is 10.6 Å². The summed E-state index contributed by atoms with van der Waals surface area (Å²) >= 11 is 5.23. The summed E-state index contributed by atoms with van der Waals surface area (Å²) in [6.07, 6.45) is 3.52. The van der Waals surface area contributed by atoms with Crippen LogP contribution >= 0.6 is 12.2 Å².